The third-order valence-electron chi connectivity index (χ3n) is 5.42. The zero-order valence-corrected chi connectivity index (χ0v) is 19.2. The second kappa shape index (κ2) is 8.52. The Labute approximate surface area is 189 Å². The number of rotatable bonds is 6. The summed E-state index contributed by atoms with van der Waals surface area (Å²) < 4.78 is 34.8. The van der Waals surface area contributed by atoms with Gasteiger partial charge in [-0.2, -0.15) is 4.72 Å². The Bertz CT molecular complexity index is 1180. The first kappa shape index (κ1) is 22.2. The number of fused-ring (bicyclic) bond motifs is 3. The molecule has 0 aliphatic heterocycles. The molecule has 1 aliphatic rings. The summed E-state index contributed by atoms with van der Waals surface area (Å²) in [5.74, 6) is -1.10. The molecule has 0 bridgehead atoms. The van der Waals surface area contributed by atoms with Crippen LogP contribution in [0.25, 0.3) is 11.1 Å². The standard InChI is InChI=1S/C26H27NO4S/c1-26(2,3)31-25(28)24(18-11-5-4-6-12-18)27-32(29,30)17-23-21-15-9-7-13-19(21)20-14-8-10-16-22(20)23/h4-16,23-24,27H,17H2,1-3H3/t24-/m0/s1. The summed E-state index contributed by atoms with van der Waals surface area (Å²) in [7, 11) is -3.85. The molecular formula is C26H27NO4S. The van der Waals surface area contributed by atoms with E-state index in [4.69, 9.17) is 4.74 Å². The van der Waals surface area contributed by atoms with E-state index in [1.165, 1.54) is 0 Å². The Hall–Kier alpha value is -2.96. The van der Waals surface area contributed by atoms with Gasteiger partial charge in [0.05, 0.1) is 5.75 Å². The van der Waals surface area contributed by atoms with Gasteiger partial charge in [-0.05, 0) is 48.6 Å². The molecule has 166 valence electrons. The Morgan fingerprint density at radius 3 is 1.91 bits per heavy atom. The van der Waals surface area contributed by atoms with E-state index < -0.39 is 27.6 Å². The monoisotopic (exact) mass is 449 g/mol. The van der Waals surface area contributed by atoms with Crippen LogP contribution in [0.3, 0.4) is 0 Å². The van der Waals surface area contributed by atoms with Crippen molar-refractivity contribution in [2.45, 2.75) is 38.3 Å². The van der Waals surface area contributed by atoms with Gasteiger partial charge in [-0.25, -0.2) is 13.2 Å². The summed E-state index contributed by atoms with van der Waals surface area (Å²) in [6.45, 7) is 5.27. The molecule has 3 aromatic carbocycles. The summed E-state index contributed by atoms with van der Waals surface area (Å²) in [5, 5.41) is 0. The van der Waals surface area contributed by atoms with Gasteiger partial charge in [0.1, 0.15) is 11.6 Å². The smallest absolute Gasteiger partial charge is 0.329 e. The Morgan fingerprint density at radius 2 is 1.38 bits per heavy atom. The van der Waals surface area contributed by atoms with Crippen molar-refractivity contribution in [2.24, 2.45) is 0 Å². The van der Waals surface area contributed by atoms with Crippen molar-refractivity contribution in [3.63, 3.8) is 0 Å². The number of hydrogen-bond acceptors (Lipinski definition) is 4. The van der Waals surface area contributed by atoms with Crippen molar-refractivity contribution in [1.29, 1.82) is 0 Å². The van der Waals surface area contributed by atoms with Crippen LogP contribution >= 0.6 is 0 Å². The van der Waals surface area contributed by atoms with E-state index in [0.717, 1.165) is 22.3 Å². The third-order valence-corrected chi connectivity index (χ3v) is 6.79. The predicted molar refractivity (Wildman–Crippen MR) is 126 cm³/mol. The molecule has 3 aromatic rings. The number of ether oxygens (including phenoxy) is 1. The van der Waals surface area contributed by atoms with E-state index in [9.17, 15) is 13.2 Å². The topological polar surface area (TPSA) is 72.5 Å². The van der Waals surface area contributed by atoms with Crippen LogP contribution in [0.5, 0.6) is 0 Å². The maximum atomic E-state index is 13.3. The van der Waals surface area contributed by atoms with Gasteiger partial charge >= 0.3 is 5.97 Å². The fourth-order valence-electron chi connectivity index (χ4n) is 4.14. The Balaban J connectivity index is 1.65. The van der Waals surface area contributed by atoms with Crippen molar-refractivity contribution in [3.8, 4) is 11.1 Å². The van der Waals surface area contributed by atoms with Crippen LogP contribution in [-0.2, 0) is 19.6 Å². The normalized spacial score (nSPS) is 14.5. The quantitative estimate of drug-likeness (QED) is 0.549. The summed E-state index contributed by atoms with van der Waals surface area (Å²) in [5.41, 5.74) is 3.86. The highest BCUT2D eigenvalue weighted by atomic mass is 32.2. The molecule has 0 aromatic heterocycles. The molecule has 0 radical (unpaired) electrons. The molecule has 0 fully saturated rings. The van der Waals surface area contributed by atoms with E-state index in [1.807, 2.05) is 54.6 Å². The summed E-state index contributed by atoms with van der Waals surface area (Å²) in [6, 6.07) is 23.4. The first-order valence-corrected chi connectivity index (χ1v) is 12.3. The molecule has 6 heteroatoms. The largest absolute Gasteiger partial charge is 0.459 e. The number of hydrogen-bond donors (Lipinski definition) is 1. The number of nitrogens with one attached hydrogen (secondary N) is 1. The van der Waals surface area contributed by atoms with Crippen molar-refractivity contribution in [3.05, 3.63) is 95.6 Å². The highest BCUT2D eigenvalue weighted by Crippen LogP contribution is 2.45. The second-order valence-electron chi connectivity index (χ2n) is 9.00. The highest BCUT2D eigenvalue weighted by Gasteiger charge is 2.35. The predicted octanol–water partition coefficient (Wildman–Crippen LogP) is 4.80. The van der Waals surface area contributed by atoms with Crippen molar-refractivity contribution < 1.29 is 17.9 Å². The van der Waals surface area contributed by atoms with Crippen molar-refractivity contribution >= 4 is 16.0 Å². The van der Waals surface area contributed by atoms with Crippen molar-refractivity contribution in [2.75, 3.05) is 5.75 Å². The molecule has 0 unspecified atom stereocenters. The second-order valence-corrected chi connectivity index (χ2v) is 10.8. The van der Waals surface area contributed by atoms with Gasteiger partial charge in [0.25, 0.3) is 0 Å². The molecule has 1 aliphatic carbocycles. The number of esters is 1. The maximum Gasteiger partial charge on any atom is 0.329 e. The summed E-state index contributed by atoms with van der Waals surface area (Å²) in [6.07, 6.45) is 0. The lowest BCUT2D eigenvalue weighted by molar-refractivity contribution is -0.157. The highest BCUT2D eigenvalue weighted by molar-refractivity contribution is 7.89. The van der Waals surface area contributed by atoms with Crippen LogP contribution in [0.2, 0.25) is 0 Å². The average Bonchev–Trinajstić information content (AvgIpc) is 3.05. The lowest BCUT2D eigenvalue weighted by Gasteiger charge is -2.25. The lowest BCUT2D eigenvalue weighted by atomic mass is 9.99. The molecule has 1 N–H and O–H groups in total. The third kappa shape index (κ3) is 4.76. The minimum atomic E-state index is -3.85. The van der Waals surface area contributed by atoms with Crippen LogP contribution < -0.4 is 4.72 Å². The molecule has 1 atom stereocenters. The molecule has 32 heavy (non-hydrogen) atoms. The zero-order chi connectivity index (χ0) is 22.9. The minimum Gasteiger partial charge on any atom is -0.459 e. The molecule has 0 amide bonds. The summed E-state index contributed by atoms with van der Waals surface area (Å²) >= 11 is 0. The summed E-state index contributed by atoms with van der Waals surface area (Å²) in [4.78, 5) is 12.9. The van der Waals surface area contributed by atoms with E-state index in [2.05, 4.69) is 4.72 Å². The maximum absolute atomic E-state index is 13.3. The van der Waals surface area contributed by atoms with Crippen molar-refractivity contribution in [1.82, 2.24) is 4.72 Å². The first-order valence-electron chi connectivity index (χ1n) is 10.6. The van der Waals surface area contributed by atoms with Crippen LogP contribution in [0, 0.1) is 0 Å². The number of carbonyl (C=O) groups excluding carboxylic acids is 1. The molecule has 0 heterocycles. The van der Waals surface area contributed by atoms with Gasteiger partial charge in [-0.1, -0.05) is 78.9 Å². The van der Waals surface area contributed by atoms with E-state index in [1.54, 1.807) is 45.0 Å². The molecule has 0 saturated carbocycles. The molecule has 4 rings (SSSR count). The zero-order valence-electron chi connectivity index (χ0n) is 18.4. The SMILES string of the molecule is CC(C)(C)OC(=O)[C@@H](NS(=O)(=O)CC1c2ccccc2-c2ccccc21)c1ccccc1. The Kier molecular flexibility index (Phi) is 5.93. The van der Waals surface area contributed by atoms with Crippen LogP contribution in [0.1, 0.15) is 49.4 Å². The van der Waals surface area contributed by atoms with Gasteiger partial charge in [0.15, 0.2) is 0 Å². The van der Waals surface area contributed by atoms with Crippen LogP contribution in [0.15, 0.2) is 78.9 Å². The number of sulfonamides is 1. The Morgan fingerprint density at radius 1 is 0.875 bits per heavy atom. The van der Waals surface area contributed by atoms with Crippen LogP contribution in [0.4, 0.5) is 0 Å². The fraction of sp³-hybridized carbons (Fsp3) is 0.269. The van der Waals surface area contributed by atoms with Gasteiger partial charge in [-0.15, -0.1) is 0 Å². The van der Waals surface area contributed by atoms with Gasteiger partial charge in [0.2, 0.25) is 10.0 Å². The van der Waals surface area contributed by atoms with Gasteiger partial charge < -0.3 is 4.74 Å². The number of carbonyl (C=O) groups is 1. The van der Waals surface area contributed by atoms with E-state index in [0.29, 0.717) is 5.56 Å². The average molecular weight is 450 g/mol. The molecule has 0 saturated heterocycles. The van der Waals surface area contributed by atoms with E-state index in [-0.39, 0.29) is 11.7 Å². The van der Waals surface area contributed by atoms with E-state index >= 15 is 0 Å². The first-order chi connectivity index (χ1) is 15.1. The molecule has 0 spiro atoms. The number of benzene rings is 3. The minimum absolute atomic E-state index is 0.160. The molecular weight excluding hydrogens is 422 g/mol. The van der Waals surface area contributed by atoms with Gasteiger partial charge in [0, 0.05) is 5.92 Å². The lowest BCUT2D eigenvalue weighted by Crippen LogP contribution is -2.39. The van der Waals surface area contributed by atoms with Gasteiger partial charge in [-0.3, -0.25) is 0 Å². The fourth-order valence-corrected chi connectivity index (χ4v) is 5.63. The molecule has 5 nitrogen and oxygen atoms in total. The van der Waals surface area contributed by atoms with Crippen LogP contribution in [-0.4, -0.2) is 25.7 Å².